The normalized spacial score (nSPS) is 16.7. The number of amides is 1. The zero-order valence-electron chi connectivity index (χ0n) is 19.4. The Morgan fingerprint density at radius 3 is 2.38 bits per heavy atom. The number of piperidine rings is 1. The topological polar surface area (TPSA) is 50.2 Å². The van der Waals surface area contributed by atoms with Gasteiger partial charge in [0.15, 0.2) is 5.16 Å². The number of benzene rings is 2. The van der Waals surface area contributed by atoms with Crippen LogP contribution in [0.2, 0.25) is 5.02 Å². The van der Waals surface area contributed by atoms with E-state index in [1.54, 1.807) is 0 Å². The van der Waals surface area contributed by atoms with Crippen LogP contribution in [0.15, 0.2) is 59.9 Å². The van der Waals surface area contributed by atoms with E-state index in [9.17, 15) is 4.79 Å². The number of hydrogen-bond donors (Lipinski definition) is 1. The number of carbonyl (C=O) groups is 1. The summed E-state index contributed by atoms with van der Waals surface area (Å²) in [5, 5.41) is 4.68. The smallest absolute Gasteiger partial charge is 0.234 e. The molecule has 178 valence electrons. The van der Waals surface area contributed by atoms with Crippen LogP contribution in [0.25, 0.3) is 11.3 Å². The van der Waals surface area contributed by atoms with Gasteiger partial charge in [-0.1, -0.05) is 48.3 Å². The number of aromatic nitrogens is 2. The number of carbonyl (C=O) groups excluding carboxylic acids is 1. The van der Waals surface area contributed by atoms with Crippen LogP contribution in [0.1, 0.15) is 51.0 Å². The second-order valence-electron chi connectivity index (χ2n) is 9.17. The van der Waals surface area contributed by atoms with Crippen molar-refractivity contribution in [3.8, 4) is 11.3 Å². The van der Waals surface area contributed by atoms with Crippen molar-refractivity contribution in [2.45, 2.75) is 56.1 Å². The molecule has 2 heterocycles. The van der Waals surface area contributed by atoms with E-state index in [0.29, 0.717) is 11.8 Å². The van der Waals surface area contributed by atoms with Crippen molar-refractivity contribution >= 4 is 40.6 Å². The number of hydrogen-bond acceptors (Lipinski definition) is 4. The molecule has 1 saturated heterocycles. The van der Waals surface area contributed by atoms with Gasteiger partial charge in [0, 0.05) is 35.5 Å². The van der Waals surface area contributed by atoms with Crippen molar-refractivity contribution in [1.82, 2.24) is 9.55 Å². The fraction of sp³-hybridized carbons (Fsp3) is 0.407. The first-order valence-corrected chi connectivity index (χ1v) is 13.6. The van der Waals surface area contributed by atoms with Gasteiger partial charge in [0.1, 0.15) is 0 Å². The molecular weight excluding hydrogens is 464 g/mol. The highest BCUT2D eigenvalue weighted by Gasteiger charge is 2.24. The van der Waals surface area contributed by atoms with Gasteiger partial charge in [0.25, 0.3) is 0 Å². The lowest BCUT2D eigenvalue weighted by molar-refractivity contribution is -0.113. The van der Waals surface area contributed by atoms with Gasteiger partial charge in [-0.25, -0.2) is 4.98 Å². The van der Waals surface area contributed by atoms with Crippen LogP contribution in [-0.4, -0.2) is 34.3 Å². The van der Waals surface area contributed by atoms with Crippen molar-refractivity contribution < 1.29 is 4.79 Å². The molecule has 1 saturated carbocycles. The lowest BCUT2D eigenvalue weighted by Gasteiger charge is -2.28. The van der Waals surface area contributed by atoms with E-state index in [-0.39, 0.29) is 5.91 Å². The Morgan fingerprint density at radius 1 is 0.971 bits per heavy atom. The maximum absolute atomic E-state index is 12.7. The third-order valence-corrected chi connectivity index (χ3v) is 8.02. The average molecular weight is 495 g/mol. The SMILES string of the molecule is O=C(CSc1ncc(-c2ccc(Cl)cc2)n1C1CCCC1)Nc1ccc(N2CCCCC2)cc1. The monoisotopic (exact) mass is 494 g/mol. The van der Waals surface area contributed by atoms with Gasteiger partial charge < -0.3 is 14.8 Å². The predicted octanol–water partition coefficient (Wildman–Crippen LogP) is 7.04. The Kier molecular flexibility index (Phi) is 7.45. The van der Waals surface area contributed by atoms with E-state index < -0.39 is 0 Å². The first kappa shape index (κ1) is 23.3. The van der Waals surface area contributed by atoms with Gasteiger partial charge in [0.2, 0.25) is 5.91 Å². The van der Waals surface area contributed by atoms with Crippen LogP contribution in [0.3, 0.4) is 0 Å². The van der Waals surface area contributed by atoms with Crippen molar-refractivity contribution in [2.75, 3.05) is 29.1 Å². The quantitative estimate of drug-likeness (QED) is 0.358. The summed E-state index contributed by atoms with van der Waals surface area (Å²) >= 11 is 7.61. The molecule has 1 N–H and O–H groups in total. The Balaban J connectivity index is 1.24. The third kappa shape index (κ3) is 5.44. The summed E-state index contributed by atoms with van der Waals surface area (Å²) in [5.74, 6) is 0.322. The van der Waals surface area contributed by atoms with Gasteiger partial charge in [-0.05, 0) is 74.1 Å². The summed E-state index contributed by atoms with van der Waals surface area (Å²) in [6.07, 6.45) is 10.5. The third-order valence-electron chi connectivity index (χ3n) is 6.80. The van der Waals surface area contributed by atoms with Crippen LogP contribution in [0.5, 0.6) is 0 Å². The van der Waals surface area contributed by atoms with Gasteiger partial charge in [-0.15, -0.1) is 0 Å². The van der Waals surface area contributed by atoms with Crippen molar-refractivity contribution in [2.24, 2.45) is 0 Å². The molecule has 2 aliphatic rings. The molecule has 2 aromatic carbocycles. The molecule has 0 radical (unpaired) electrons. The Bertz CT molecular complexity index is 1100. The number of anilines is 2. The van der Waals surface area contributed by atoms with Gasteiger partial charge in [-0.3, -0.25) is 4.79 Å². The molecule has 5 nitrogen and oxygen atoms in total. The fourth-order valence-electron chi connectivity index (χ4n) is 5.04. The van der Waals surface area contributed by atoms with E-state index in [1.165, 1.54) is 49.6 Å². The average Bonchev–Trinajstić information content (AvgIpc) is 3.54. The standard InChI is InChI=1S/C27H31ClN4OS/c28-21-10-8-20(9-11-21)25-18-29-27(32(25)24-6-2-3-7-24)34-19-26(33)30-22-12-14-23(15-13-22)31-16-4-1-5-17-31/h8-15,18,24H,1-7,16-17,19H2,(H,30,33). The van der Waals surface area contributed by atoms with E-state index >= 15 is 0 Å². The molecule has 0 unspecified atom stereocenters. The summed E-state index contributed by atoms with van der Waals surface area (Å²) in [5.41, 5.74) is 4.28. The molecular formula is C27H31ClN4OS. The second kappa shape index (κ2) is 10.9. The van der Waals surface area contributed by atoms with E-state index in [4.69, 9.17) is 16.6 Å². The minimum atomic E-state index is -0.00950. The highest BCUT2D eigenvalue weighted by atomic mass is 35.5. The number of nitrogens with zero attached hydrogens (tertiary/aromatic N) is 3. The zero-order chi connectivity index (χ0) is 23.3. The van der Waals surface area contributed by atoms with Gasteiger partial charge in [0.05, 0.1) is 17.6 Å². The number of nitrogens with one attached hydrogen (secondary N) is 1. The molecule has 0 spiro atoms. The summed E-state index contributed by atoms with van der Waals surface area (Å²) in [7, 11) is 0. The Morgan fingerprint density at radius 2 is 1.68 bits per heavy atom. The summed E-state index contributed by atoms with van der Waals surface area (Å²) in [4.78, 5) is 19.9. The minimum absolute atomic E-state index is 0.00950. The molecule has 3 aromatic rings. The van der Waals surface area contributed by atoms with Crippen molar-refractivity contribution in [3.63, 3.8) is 0 Å². The molecule has 1 amide bonds. The predicted molar refractivity (Wildman–Crippen MR) is 142 cm³/mol. The highest BCUT2D eigenvalue weighted by Crippen LogP contribution is 2.38. The Labute approximate surface area is 210 Å². The van der Waals surface area contributed by atoms with Gasteiger partial charge >= 0.3 is 0 Å². The first-order valence-electron chi connectivity index (χ1n) is 12.3. The molecule has 0 bridgehead atoms. The summed E-state index contributed by atoms with van der Waals surface area (Å²) in [6.45, 7) is 2.24. The first-order chi connectivity index (χ1) is 16.7. The van der Waals surface area contributed by atoms with Gasteiger partial charge in [-0.2, -0.15) is 0 Å². The number of imidazole rings is 1. The maximum Gasteiger partial charge on any atom is 0.234 e. The lowest BCUT2D eigenvalue weighted by atomic mass is 10.1. The van der Waals surface area contributed by atoms with Crippen LogP contribution in [0, 0.1) is 0 Å². The highest BCUT2D eigenvalue weighted by molar-refractivity contribution is 7.99. The lowest BCUT2D eigenvalue weighted by Crippen LogP contribution is -2.29. The second-order valence-corrected chi connectivity index (χ2v) is 10.6. The van der Waals surface area contributed by atoms with Crippen LogP contribution < -0.4 is 10.2 Å². The van der Waals surface area contributed by atoms with E-state index in [2.05, 4.69) is 26.9 Å². The molecule has 1 aliphatic carbocycles. The number of thioether (sulfide) groups is 1. The van der Waals surface area contributed by atoms with Crippen LogP contribution >= 0.6 is 23.4 Å². The number of rotatable bonds is 7. The van der Waals surface area contributed by atoms with Crippen molar-refractivity contribution in [1.29, 1.82) is 0 Å². The Hall–Kier alpha value is -2.44. The number of halogens is 1. The molecule has 1 aromatic heterocycles. The molecule has 34 heavy (non-hydrogen) atoms. The van der Waals surface area contributed by atoms with E-state index in [1.807, 2.05) is 42.6 Å². The van der Waals surface area contributed by atoms with Crippen molar-refractivity contribution in [3.05, 3.63) is 59.8 Å². The van der Waals surface area contributed by atoms with Crippen LogP contribution in [0.4, 0.5) is 11.4 Å². The molecule has 0 atom stereocenters. The zero-order valence-corrected chi connectivity index (χ0v) is 21.0. The maximum atomic E-state index is 12.7. The summed E-state index contributed by atoms with van der Waals surface area (Å²) in [6, 6.07) is 16.6. The largest absolute Gasteiger partial charge is 0.372 e. The minimum Gasteiger partial charge on any atom is -0.372 e. The fourth-order valence-corrected chi connectivity index (χ4v) is 6.01. The molecule has 2 fully saturated rings. The van der Waals surface area contributed by atoms with E-state index in [0.717, 1.165) is 53.1 Å². The molecule has 1 aliphatic heterocycles. The molecule has 5 rings (SSSR count). The van der Waals surface area contributed by atoms with Crippen LogP contribution in [-0.2, 0) is 4.79 Å². The molecule has 7 heteroatoms. The summed E-state index contributed by atoms with van der Waals surface area (Å²) < 4.78 is 2.33.